The summed E-state index contributed by atoms with van der Waals surface area (Å²) in [6, 6.07) is 0. The molecule has 2 saturated heterocycles. The first-order chi connectivity index (χ1) is 16.5. The zero-order valence-corrected chi connectivity index (χ0v) is 22.1. The van der Waals surface area contributed by atoms with Gasteiger partial charge in [0.05, 0.1) is 18.8 Å². The second-order valence-electron chi connectivity index (χ2n) is 13.7. The SMILES string of the molecule is CC(=O)O[C@@H]1C[C@H]2[C@@H](CC[C@H]3C[C@@H](O)CC[C@@]32C)[C@@H]2C[C@@H]3O[C@@]4(OC[C@H](C)CC4=O)[C@@H](C)[C@@H]3[C@@]12C. The first-order valence-corrected chi connectivity index (χ1v) is 14.2. The number of rotatable bonds is 1. The van der Waals surface area contributed by atoms with Gasteiger partial charge in [-0.2, -0.15) is 0 Å². The third-order valence-corrected chi connectivity index (χ3v) is 12.1. The van der Waals surface area contributed by atoms with Crippen molar-refractivity contribution in [2.75, 3.05) is 6.61 Å². The van der Waals surface area contributed by atoms with E-state index >= 15 is 0 Å². The summed E-state index contributed by atoms with van der Waals surface area (Å²) < 4.78 is 19.1. The van der Waals surface area contributed by atoms with Gasteiger partial charge in [-0.3, -0.25) is 9.59 Å². The second-order valence-corrected chi connectivity index (χ2v) is 13.7. The molecule has 0 amide bonds. The van der Waals surface area contributed by atoms with Crippen LogP contribution in [-0.2, 0) is 23.8 Å². The Bertz CT molecular complexity index is 904. The summed E-state index contributed by atoms with van der Waals surface area (Å²) in [5.74, 6) is 1.06. The van der Waals surface area contributed by atoms with Crippen molar-refractivity contribution < 1.29 is 28.9 Å². The van der Waals surface area contributed by atoms with Crippen molar-refractivity contribution in [3.05, 3.63) is 0 Å². The molecule has 0 unspecified atom stereocenters. The van der Waals surface area contributed by atoms with E-state index in [0.29, 0.717) is 36.7 Å². The molecule has 6 heteroatoms. The van der Waals surface area contributed by atoms with E-state index in [2.05, 4.69) is 27.7 Å². The van der Waals surface area contributed by atoms with Gasteiger partial charge in [-0.25, -0.2) is 0 Å². The van der Waals surface area contributed by atoms with E-state index in [0.717, 1.165) is 32.1 Å². The molecule has 0 aromatic heterocycles. The average Bonchev–Trinajstić information content (AvgIpc) is 3.24. The number of esters is 1. The highest BCUT2D eigenvalue weighted by Crippen LogP contribution is 2.71. The fraction of sp³-hybridized carbons (Fsp3) is 0.931. The van der Waals surface area contributed by atoms with Gasteiger partial charge in [-0.05, 0) is 80.0 Å². The van der Waals surface area contributed by atoms with Gasteiger partial charge in [0.1, 0.15) is 6.10 Å². The van der Waals surface area contributed by atoms with Crippen molar-refractivity contribution in [3.8, 4) is 0 Å². The van der Waals surface area contributed by atoms with Crippen molar-refractivity contribution in [2.45, 2.75) is 110 Å². The minimum Gasteiger partial charge on any atom is -0.462 e. The van der Waals surface area contributed by atoms with E-state index in [4.69, 9.17) is 14.2 Å². The van der Waals surface area contributed by atoms with Gasteiger partial charge in [0.2, 0.25) is 5.79 Å². The van der Waals surface area contributed by atoms with E-state index in [9.17, 15) is 14.7 Å². The Kier molecular flexibility index (Phi) is 5.57. The molecule has 6 rings (SSSR count). The van der Waals surface area contributed by atoms with Gasteiger partial charge in [0.15, 0.2) is 5.78 Å². The molecular weight excluding hydrogens is 444 g/mol. The van der Waals surface area contributed by atoms with Crippen LogP contribution in [0.5, 0.6) is 0 Å². The number of Topliss-reactive ketones (excluding diaryl/α,β-unsaturated/α-hetero) is 1. The molecule has 2 aliphatic heterocycles. The molecule has 0 aromatic rings. The first-order valence-electron chi connectivity index (χ1n) is 14.2. The predicted octanol–water partition coefficient (Wildman–Crippen LogP) is 4.51. The Balaban J connectivity index is 1.36. The molecule has 196 valence electrons. The van der Waals surface area contributed by atoms with Crippen LogP contribution in [0.3, 0.4) is 0 Å². The number of carbonyl (C=O) groups is 2. The van der Waals surface area contributed by atoms with E-state index in [1.807, 2.05) is 0 Å². The molecule has 0 bridgehead atoms. The highest BCUT2D eigenvalue weighted by molar-refractivity contribution is 5.87. The minimum absolute atomic E-state index is 0.0344. The molecular formula is C29H44O6. The third-order valence-electron chi connectivity index (χ3n) is 12.1. The quantitative estimate of drug-likeness (QED) is 0.547. The first kappa shape index (κ1) is 24.4. The van der Waals surface area contributed by atoms with Crippen molar-refractivity contribution in [2.24, 2.45) is 52.3 Å². The average molecular weight is 489 g/mol. The van der Waals surface area contributed by atoms with Crippen molar-refractivity contribution in [1.82, 2.24) is 0 Å². The zero-order valence-electron chi connectivity index (χ0n) is 22.1. The minimum atomic E-state index is -1.13. The van der Waals surface area contributed by atoms with Crippen LogP contribution in [-0.4, -0.2) is 47.6 Å². The van der Waals surface area contributed by atoms with Gasteiger partial charge in [0.25, 0.3) is 0 Å². The maximum atomic E-state index is 13.3. The summed E-state index contributed by atoms with van der Waals surface area (Å²) in [6.07, 6.45) is 7.12. The molecule has 4 aliphatic carbocycles. The van der Waals surface area contributed by atoms with Crippen LogP contribution < -0.4 is 0 Å². The molecule has 1 N–H and O–H groups in total. The van der Waals surface area contributed by atoms with Crippen molar-refractivity contribution >= 4 is 11.8 Å². The lowest BCUT2D eigenvalue weighted by atomic mass is 9.43. The molecule has 2 heterocycles. The second kappa shape index (κ2) is 8.01. The fourth-order valence-electron chi connectivity index (χ4n) is 10.5. The standard InChI is InChI=1S/C29H44O6/c1-15-10-24(32)29(33-14-15)16(2)26-23(35-29)12-22-20-7-6-18-11-19(31)8-9-27(18,4)21(20)13-25(28(22,26)5)34-17(3)30/h15-16,18-23,25-26,31H,6-14H2,1-5H3/t15-,16+,18+,19+,20-,21+,22+,23+,25-,26+,27+,28-,29+/m1/s1. The van der Waals surface area contributed by atoms with Crippen LogP contribution in [0.1, 0.15) is 86.0 Å². The van der Waals surface area contributed by atoms with Crippen LogP contribution in [0.15, 0.2) is 0 Å². The maximum absolute atomic E-state index is 13.3. The number of hydrogen-bond donors (Lipinski definition) is 1. The fourth-order valence-corrected chi connectivity index (χ4v) is 10.5. The Hall–Kier alpha value is -0.980. The lowest BCUT2D eigenvalue weighted by molar-refractivity contribution is -0.254. The molecule has 13 atom stereocenters. The smallest absolute Gasteiger partial charge is 0.302 e. The number of hydrogen-bond acceptors (Lipinski definition) is 6. The van der Waals surface area contributed by atoms with Gasteiger partial charge in [-0.15, -0.1) is 0 Å². The molecule has 6 fully saturated rings. The molecule has 0 aromatic carbocycles. The molecule has 4 saturated carbocycles. The van der Waals surface area contributed by atoms with Crippen molar-refractivity contribution in [1.29, 1.82) is 0 Å². The number of ether oxygens (including phenoxy) is 3. The van der Waals surface area contributed by atoms with Crippen LogP contribution in [0.4, 0.5) is 0 Å². The molecule has 35 heavy (non-hydrogen) atoms. The predicted molar refractivity (Wildman–Crippen MR) is 129 cm³/mol. The largest absolute Gasteiger partial charge is 0.462 e. The summed E-state index contributed by atoms with van der Waals surface area (Å²) >= 11 is 0. The zero-order chi connectivity index (χ0) is 24.9. The molecule has 1 spiro atoms. The van der Waals surface area contributed by atoms with E-state index in [1.54, 1.807) is 0 Å². The van der Waals surface area contributed by atoms with Gasteiger partial charge in [-0.1, -0.05) is 27.7 Å². The number of carbonyl (C=O) groups excluding carboxylic acids is 2. The summed E-state index contributed by atoms with van der Waals surface area (Å²) in [4.78, 5) is 25.7. The Labute approximate surface area is 209 Å². The lowest BCUT2D eigenvalue weighted by Crippen LogP contribution is -2.61. The van der Waals surface area contributed by atoms with Gasteiger partial charge < -0.3 is 19.3 Å². The molecule has 0 radical (unpaired) electrons. The summed E-state index contributed by atoms with van der Waals surface area (Å²) in [5, 5.41) is 10.4. The highest BCUT2D eigenvalue weighted by atomic mass is 16.7. The summed E-state index contributed by atoms with van der Waals surface area (Å²) in [6.45, 7) is 11.1. The van der Waals surface area contributed by atoms with Crippen LogP contribution in [0.2, 0.25) is 0 Å². The van der Waals surface area contributed by atoms with Gasteiger partial charge >= 0.3 is 5.97 Å². The highest BCUT2D eigenvalue weighted by Gasteiger charge is 2.73. The third kappa shape index (κ3) is 3.24. The lowest BCUT2D eigenvalue weighted by Gasteiger charge is -2.62. The van der Waals surface area contributed by atoms with Gasteiger partial charge in [0, 0.05) is 30.6 Å². The number of aliphatic hydroxyl groups is 1. The monoisotopic (exact) mass is 488 g/mol. The summed E-state index contributed by atoms with van der Waals surface area (Å²) in [5.41, 5.74) is -0.0453. The topological polar surface area (TPSA) is 82.1 Å². The molecule has 6 aliphatic rings. The Morgan fingerprint density at radius 1 is 1.09 bits per heavy atom. The molecule has 6 nitrogen and oxygen atoms in total. The maximum Gasteiger partial charge on any atom is 0.302 e. The normalized spacial score (nSPS) is 57.3. The number of fused-ring (bicyclic) bond motifs is 7. The Morgan fingerprint density at radius 3 is 2.57 bits per heavy atom. The van der Waals surface area contributed by atoms with Crippen molar-refractivity contribution in [3.63, 3.8) is 0 Å². The number of aliphatic hydroxyl groups excluding tert-OH is 1. The number of ketones is 1. The van der Waals surface area contributed by atoms with Crippen LogP contribution in [0.25, 0.3) is 0 Å². The summed E-state index contributed by atoms with van der Waals surface area (Å²) in [7, 11) is 0. The van der Waals surface area contributed by atoms with Crippen LogP contribution >= 0.6 is 0 Å². The van der Waals surface area contributed by atoms with E-state index in [-0.39, 0.29) is 58.6 Å². The van der Waals surface area contributed by atoms with E-state index < -0.39 is 5.79 Å². The Morgan fingerprint density at radius 2 is 1.86 bits per heavy atom. The van der Waals surface area contributed by atoms with E-state index in [1.165, 1.54) is 19.8 Å². The van der Waals surface area contributed by atoms with Crippen LogP contribution in [0, 0.1) is 52.3 Å².